The number of halogens is 2. The second-order valence-corrected chi connectivity index (χ2v) is 6.71. The maximum absolute atomic E-state index is 3.55. The van der Waals surface area contributed by atoms with E-state index in [-0.39, 0.29) is 0 Å². The summed E-state index contributed by atoms with van der Waals surface area (Å²) in [6.07, 6.45) is 9.08. The quantitative estimate of drug-likeness (QED) is 0.541. The zero-order valence-corrected chi connectivity index (χ0v) is 14.1. The van der Waals surface area contributed by atoms with Crippen molar-refractivity contribution in [1.29, 1.82) is 0 Å². The van der Waals surface area contributed by atoms with Crippen LogP contribution in [-0.4, -0.2) is 0 Å². The number of allylic oxidation sites excluding steroid dienone is 4. The van der Waals surface area contributed by atoms with Crippen LogP contribution in [0.4, 0.5) is 0 Å². The molecule has 0 spiro atoms. The summed E-state index contributed by atoms with van der Waals surface area (Å²) in [5, 5.41) is 0. The molecule has 0 fully saturated rings. The van der Waals surface area contributed by atoms with Crippen LogP contribution in [0.2, 0.25) is 0 Å². The summed E-state index contributed by atoms with van der Waals surface area (Å²) >= 11 is 7.11. The molecule has 0 nitrogen and oxygen atoms in total. The van der Waals surface area contributed by atoms with Crippen molar-refractivity contribution in [3.8, 4) is 11.1 Å². The highest BCUT2D eigenvalue weighted by molar-refractivity contribution is 9.11. The van der Waals surface area contributed by atoms with Crippen LogP contribution >= 0.6 is 31.9 Å². The molecule has 2 aromatic carbocycles. The van der Waals surface area contributed by atoms with Crippen LogP contribution in [0.3, 0.4) is 0 Å². The molecule has 0 saturated carbocycles. The van der Waals surface area contributed by atoms with Crippen molar-refractivity contribution in [3.05, 3.63) is 75.2 Å². The summed E-state index contributed by atoms with van der Waals surface area (Å²) in [6, 6.07) is 15.1. The smallest absolute Gasteiger partial charge is 0.0192 e. The van der Waals surface area contributed by atoms with Gasteiger partial charge in [0, 0.05) is 8.95 Å². The molecule has 0 aromatic heterocycles. The Morgan fingerprint density at radius 1 is 0.750 bits per heavy atom. The Kier molecular flexibility index (Phi) is 4.23. The molecule has 0 amide bonds. The fraction of sp³-hybridized carbons (Fsp3) is 0.111. The van der Waals surface area contributed by atoms with E-state index in [2.05, 4.69) is 92.6 Å². The van der Waals surface area contributed by atoms with Gasteiger partial charge in [-0.05, 0) is 59.4 Å². The van der Waals surface area contributed by atoms with Crippen LogP contribution < -0.4 is 0 Å². The topological polar surface area (TPSA) is 0 Å². The minimum Gasteiger partial charge on any atom is -0.0836 e. The Labute approximate surface area is 136 Å². The molecule has 0 aliphatic heterocycles. The SMILES string of the molecule is Brc1cc(Br)cc(-c2cccc(C3=CCCC=C3)c2)c1. The molecule has 2 aromatic rings. The average Bonchev–Trinajstić information content (AvgIpc) is 2.47. The van der Waals surface area contributed by atoms with Gasteiger partial charge in [-0.15, -0.1) is 0 Å². The third-order valence-corrected chi connectivity index (χ3v) is 4.30. The van der Waals surface area contributed by atoms with Gasteiger partial charge in [0.25, 0.3) is 0 Å². The Bertz CT molecular complexity index is 676. The van der Waals surface area contributed by atoms with Crippen molar-refractivity contribution in [3.63, 3.8) is 0 Å². The monoisotopic (exact) mass is 388 g/mol. The van der Waals surface area contributed by atoms with E-state index in [1.165, 1.54) is 22.3 Å². The second-order valence-electron chi connectivity index (χ2n) is 4.88. The largest absolute Gasteiger partial charge is 0.0836 e. The normalized spacial score (nSPS) is 14.2. The molecule has 20 heavy (non-hydrogen) atoms. The molecule has 0 bridgehead atoms. The molecule has 0 saturated heterocycles. The lowest BCUT2D eigenvalue weighted by Gasteiger charge is -2.10. The van der Waals surface area contributed by atoms with Crippen LogP contribution in [0, 0.1) is 0 Å². The maximum atomic E-state index is 3.55. The summed E-state index contributed by atoms with van der Waals surface area (Å²) in [5.41, 5.74) is 5.07. The summed E-state index contributed by atoms with van der Waals surface area (Å²) < 4.78 is 2.17. The fourth-order valence-corrected chi connectivity index (χ4v) is 3.72. The third-order valence-electron chi connectivity index (χ3n) is 3.39. The minimum atomic E-state index is 1.09. The molecule has 1 aliphatic rings. The summed E-state index contributed by atoms with van der Waals surface area (Å²) in [5.74, 6) is 0. The van der Waals surface area contributed by atoms with Gasteiger partial charge in [-0.2, -0.15) is 0 Å². The van der Waals surface area contributed by atoms with Gasteiger partial charge < -0.3 is 0 Å². The van der Waals surface area contributed by atoms with Crippen LogP contribution in [0.1, 0.15) is 18.4 Å². The lowest BCUT2D eigenvalue weighted by Crippen LogP contribution is -1.87. The lowest BCUT2D eigenvalue weighted by atomic mass is 9.96. The van der Waals surface area contributed by atoms with Crippen molar-refractivity contribution in [1.82, 2.24) is 0 Å². The first-order chi connectivity index (χ1) is 9.72. The predicted octanol–water partition coefficient (Wildman–Crippen LogP) is 6.61. The van der Waals surface area contributed by atoms with Crippen molar-refractivity contribution in [2.75, 3.05) is 0 Å². The number of rotatable bonds is 2. The van der Waals surface area contributed by atoms with Gasteiger partial charge in [-0.25, -0.2) is 0 Å². The molecule has 0 heterocycles. The number of benzene rings is 2. The van der Waals surface area contributed by atoms with E-state index in [1.54, 1.807) is 0 Å². The highest BCUT2D eigenvalue weighted by Crippen LogP contribution is 2.30. The molecule has 100 valence electrons. The van der Waals surface area contributed by atoms with Crippen LogP contribution in [0.5, 0.6) is 0 Å². The van der Waals surface area contributed by atoms with Crippen molar-refractivity contribution < 1.29 is 0 Å². The fourth-order valence-electron chi connectivity index (χ4n) is 2.43. The van der Waals surface area contributed by atoms with Crippen molar-refractivity contribution >= 4 is 37.4 Å². The van der Waals surface area contributed by atoms with E-state index in [4.69, 9.17) is 0 Å². The Hall–Kier alpha value is -1.12. The van der Waals surface area contributed by atoms with E-state index in [9.17, 15) is 0 Å². The summed E-state index contributed by atoms with van der Waals surface area (Å²) in [6.45, 7) is 0. The standard InChI is InChI=1S/C18H14Br2/c19-17-10-16(11-18(20)12-17)15-8-4-7-14(9-15)13-5-2-1-3-6-13/h2,4-12H,1,3H2. The Morgan fingerprint density at radius 2 is 1.50 bits per heavy atom. The van der Waals surface area contributed by atoms with E-state index in [0.717, 1.165) is 21.8 Å². The molecular formula is C18H14Br2. The van der Waals surface area contributed by atoms with Crippen LogP contribution in [-0.2, 0) is 0 Å². The molecule has 0 radical (unpaired) electrons. The molecule has 2 heteroatoms. The Morgan fingerprint density at radius 3 is 2.20 bits per heavy atom. The van der Waals surface area contributed by atoms with E-state index >= 15 is 0 Å². The van der Waals surface area contributed by atoms with E-state index in [0.29, 0.717) is 0 Å². The molecular weight excluding hydrogens is 376 g/mol. The molecule has 0 N–H and O–H groups in total. The maximum Gasteiger partial charge on any atom is 0.0192 e. The van der Waals surface area contributed by atoms with Gasteiger partial charge in [-0.3, -0.25) is 0 Å². The second kappa shape index (κ2) is 6.11. The number of hydrogen-bond donors (Lipinski definition) is 0. The van der Waals surface area contributed by atoms with Crippen molar-refractivity contribution in [2.45, 2.75) is 12.8 Å². The highest BCUT2D eigenvalue weighted by atomic mass is 79.9. The van der Waals surface area contributed by atoms with Crippen molar-refractivity contribution in [2.24, 2.45) is 0 Å². The summed E-state index contributed by atoms with van der Waals surface area (Å²) in [7, 11) is 0. The van der Waals surface area contributed by atoms with E-state index < -0.39 is 0 Å². The van der Waals surface area contributed by atoms with E-state index in [1.807, 2.05) is 0 Å². The average molecular weight is 390 g/mol. The predicted molar refractivity (Wildman–Crippen MR) is 93.6 cm³/mol. The van der Waals surface area contributed by atoms with Gasteiger partial charge in [0.05, 0.1) is 0 Å². The first-order valence-corrected chi connectivity index (χ1v) is 8.24. The zero-order chi connectivity index (χ0) is 13.9. The third kappa shape index (κ3) is 3.13. The summed E-state index contributed by atoms with van der Waals surface area (Å²) in [4.78, 5) is 0. The lowest BCUT2D eigenvalue weighted by molar-refractivity contribution is 1.04. The first kappa shape index (κ1) is 13.8. The molecule has 0 atom stereocenters. The molecule has 3 rings (SSSR count). The van der Waals surface area contributed by atoms with Gasteiger partial charge in [0.2, 0.25) is 0 Å². The number of hydrogen-bond acceptors (Lipinski definition) is 0. The zero-order valence-electron chi connectivity index (χ0n) is 10.9. The highest BCUT2D eigenvalue weighted by Gasteiger charge is 2.05. The van der Waals surface area contributed by atoms with Crippen LogP contribution in [0.25, 0.3) is 16.7 Å². The van der Waals surface area contributed by atoms with Crippen LogP contribution in [0.15, 0.2) is 69.6 Å². The minimum absolute atomic E-state index is 1.09. The first-order valence-electron chi connectivity index (χ1n) is 6.66. The van der Waals surface area contributed by atoms with Gasteiger partial charge in [0.1, 0.15) is 0 Å². The molecule has 1 aliphatic carbocycles. The van der Waals surface area contributed by atoms with Gasteiger partial charge in [0.15, 0.2) is 0 Å². The Balaban J connectivity index is 2.02. The van der Waals surface area contributed by atoms with Gasteiger partial charge in [-0.1, -0.05) is 68.3 Å². The van der Waals surface area contributed by atoms with Gasteiger partial charge >= 0.3 is 0 Å². The molecule has 0 unspecified atom stereocenters.